The second-order valence-corrected chi connectivity index (χ2v) is 6.92. The van der Waals surface area contributed by atoms with Crippen LogP contribution in [-0.2, 0) is 10.0 Å². The first kappa shape index (κ1) is 18.6. The standard InChI is InChI=1S/C16H20N6O2S/c1-3-18-15-10-12(2)21-16(22-15)19-8-9-20-25(23,24)14-7-5-4-6-13(14)11-17/h4-7,10,20H,3,8-9H2,1-2H3,(H2,18,19,21,22). The van der Waals surface area contributed by atoms with Crippen molar-refractivity contribution in [3.05, 3.63) is 41.6 Å². The van der Waals surface area contributed by atoms with Gasteiger partial charge in [-0.15, -0.1) is 0 Å². The molecule has 2 aromatic rings. The predicted molar refractivity (Wildman–Crippen MR) is 95.8 cm³/mol. The Hall–Kier alpha value is -2.70. The molecule has 0 saturated heterocycles. The minimum Gasteiger partial charge on any atom is -0.370 e. The Morgan fingerprint density at radius 1 is 1.16 bits per heavy atom. The lowest BCUT2D eigenvalue weighted by Crippen LogP contribution is -2.29. The molecule has 0 atom stereocenters. The zero-order chi connectivity index (χ0) is 18.3. The van der Waals surface area contributed by atoms with Gasteiger partial charge in [0.2, 0.25) is 16.0 Å². The smallest absolute Gasteiger partial charge is 0.241 e. The maximum atomic E-state index is 12.3. The van der Waals surface area contributed by atoms with Crippen molar-refractivity contribution in [1.29, 1.82) is 5.26 Å². The van der Waals surface area contributed by atoms with Gasteiger partial charge in [0.15, 0.2) is 0 Å². The van der Waals surface area contributed by atoms with Crippen LogP contribution in [0.5, 0.6) is 0 Å². The maximum Gasteiger partial charge on any atom is 0.241 e. The number of nitrogens with one attached hydrogen (secondary N) is 3. The number of anilines is 2. The third-order valence-corrected chi connectivity index (χ3v) is 4.73. The van der Waals surface area contributed by atoms with Crippen molar-refractivity contribution in [2.75, 3.05) is 30.3 Å². The number of benzene rings is 1. The van der Waals surface area contributed by atoms with Crippen LogP contribution in [0.1, 0.15) is 18.2 Å². The van der Waals surface area contributed by atoms with Gasteiger partial charge in [-0.05, 0) is 26.0 Å². The van der Waals surface area contributed by atoms with Gasteiger partial charge in [-0.1, -0.05) is 12.1 Å². The fraction of sp³-hybridized carbons (Fsp3) is 0.312. The third kappa shape index (κ3) is 5.14. The van der Waals surface area contributed by atoms with Crippen LogP contribution in [0, 0.1) is 18.3 Å². The molecule has 1 heterocycles. The second-order valence-electron chi connectivity index (χ2n) is 5.18. The summed E-state index contributed by atoms with van der Waals surface area (Å²) in [5.74, 6) is 1.13. The molecule has 9 heteroatoms. The van der Waals surface area contributed by atoms with Crippen LogP contribution in [0.25, 0.3) is 0 Å². The highest BCUT2D eigenvalue weighted by Gasteiger charge is 2.17. The first-order valence-corrected chi connectivity index (χ1v) is 9.27. The summed E-state index contributed by atoms with van der Waals surface area (Å²) in [5.41, 5.74) is 0.914. The Labute approximate surface area is 147 Å². The molecule has 0 bridgehead atoms. The monoisotopic (exact) mass is 360 g/mol. The zero-order valence-electron chi connectivity index (χ0n) is 14.1. The topological polar surface area (TPSA) is 120 Å². The molecule has 1 aromatic carbocycles. The van der Waals surface area contributed by atoms with Crippen LogP contribution in [0.2, 0.25) is 0 Å². The molecule has 0 aliphatic carbocycles. The van der Waals surface area contributed by atoms with E-state index in [9.17, 15) is 8.42 Å². The van der Waals surface area contributed by atoms with Crippen molar-refractivity contribution in [3.8, 4) is 6.07 Å². The third-order valence-electron chi connectivity index (χ3n) is 3.21. The van der Waals surface area contributed by atoms with Crippen molar-refractivity contribution < 1.29 is 8.42 Å². The van der Waals surface area contributed by atoms with Gasteiger partial charge >= 0.3 is 0 Å². The fourth-order valence-corrected chi connectivity index (χ4v) is 3.34. The van der Waals surface area contributed by atoms with Crippen molar-refractivity contribution in [3.63, 3.8) is 0 Å². The Balaban J connectivity index is 1.96. The van der Waals surface area contributed by atoms with E-state index in [1.165, 1.54) is 12.1 Å². The molecule has 132 valence electrons. The van der Waals surface area contributed by atoms with Crippen molar-refractivity contribution in [1.82, 2.24) is 14.7 Å². The molecule has 0 spiro atoms. The molecule has 25 heavy (non-hydrogen) atoms. The number of aromatic nitrogens is 2. The summed E-state index contributed by atoms with van der Waals surface area (Å²) in [4.78, 5) is 8.51. The molecule has 0 radical (unpaired) electrons. The molecular weight excluding hydrogens is 340 g/mol. The maximum absolute atomic E-state index is 12.3. The number of nitriles is 1. The highest BCUT2D eigenvalue weighted by Crippen LogP contribution is 2.14. The van der Waals surface area contributed by atoms with E-state index in [-0.39, 0.29) is 17.0 Å². The Bertz CT molecular complexity index is 876. The predicted octanol–water partition coefficient (Wildman–Crippen LogP) is 1.48. The van der Waals surface area contributed by atoms with Crippen LogP contribution >= 0.6 is 0 Å². The summed E-state index contributed by atoms with van der Waals surface area (Å²) in [7, 11) is -3.75. The molecule has 0 amide bonds. The zero-order valence-corrected chi connectivity index (χ0v) is 14.9. The van der Waals surface area contributed by atoms with Crippen molar-refractivity contribution in [2.24, 2.45) is 0 Å². The van der Waals surface area contributed by atoms with E-state index >= 15 is 0 Å². The molecule has 8 nitrogen and oxygen atoms in total. The lowest BCUT2D eigenvalue weighted by molar-refractivity contribution is 0.582. The van der Waals surface area contributed by atoms with Crippen LogP contribution < -0.4 is 15.4 Å². The van der Waals surface area contributed by atoms with Gasteiger partial charge in [0, 0.05) is 31.4 Å². The van der Waals surface area contributed by atoms with E-state index in [4.69, 9.17) is 5.26 Å². The SMILES string of the molecule is CCNc1cc(C)nc(NCCNS(=O)(=O)c2ccccc2C#N)n1. The van der Waals surface area contributed by atoms with E-state index in [1.807, 2.05) is 26.0 Å². The van der Waals surface area contributed by atoms with Gasteiger partial charge in [-0.2, -0.15) is 10.2 Å². The van der Waals surface area contributed by atoms with Gasteiger partial charge in [0.1, 0.15) is 11.9 Å². The lowest BCUT2D eigenvalue weighted by Gasteiger charge is -2.10. The molecule has 0 aliphatic rings. The molecule has 1 aromatic heterocycles. The Kier molecular flexibility index (Phi) is 6.27. The first-order chi connectivity index (χ1) is 12.0. The van der Waals surface area contributed by atoms with Gasteiger partial charge in [0.25, 0.3) is 0 Å². The van der Waals surface area contributed by atoms with Gasteiger partial charge < -0.3 is 10.6 Å². The minimum atomic E-state index is -3.75. The van der Waals surface area contributed by atoms with E-state index in [0.29, 0.717) is 18.3 Å². The molecule has 0 aliphatic heterocycles. The fourth-order valence-electron chi connectivity index (χ4n) is 2.15. The largest absolute Gasteiger partial charge is 0.370 e. The number of aryl methyl sites for hydroxylation is 1. The first-order valence-electron chi connectivity index (χ1n) is 7.78. The highest BCUT2D eigenvalue weighted by molar-refractivity contribution is 7.89. The summed E-state index contributed by atoms with van der Waals surface area (Å²) < 4.78 is 27.0. The molecular formula is C16H20N6O2S. The number of hydrogen-bond donors (Lipinski definition) is 3. The summed E-state index contributed by atoms with van der Waals surface area (Å²) in [5, 5.41) is 15.1. The quantitative estimate of drug-likeness (QED) is 0.610. The summed E-state index contributed by atoms with van der Waals surface area (Å²) in [6.45, 7) is 5.01. The van der Waals surface area contributed by atoms with Crippen molar-refractivity contribution >= 4 is 21.8 Å². The number of sulfonamides is 1. The van der Waals surface area contributed by atoms with Gasteiger partial charge in [-0.3, -0.25) is 0 Å². The Morgan fingerprint density at radius 3 is 2.64 bits per heavy atom. The van der Waals surface area contributed by atoms with E-state index in [1.54, 1.807) is 12.1 Å². The van der Waals surface area contributed by atoms with Crippen LogP contribution in [0.4, 0.5) is 11.8 Å². The van der Waals surface area contributed by atoms with Crippen LogP contribution in [0.3, 0.4) is 0 Å². The van der Waals surface area contributed by atoms with Gasteiger partial charge in [-0.25, -0.2) is 18.1 Å². The molecule has 0 saturated carbocycles. The number of hydrogen-bond acceptors (Lipinski definition) is 7. The lowest BCUT2D eigenvalue weighted by atomic mass is 10.2. The minimum absolute atomic E-state index is 0.0289. The van der Waals surface area contributed by atoms with Crippen LogP contribution in [0.15, 0.2) is 35.2 Å². The van der Waals surface area contributed by atoms with Crippen LogP contribution in [-0.4, -0.2) is 38.0 Å². The average Bonchev–Trinajstić information content (AvgIpc) is 2.58. The molecule has 0 unspecified atom stereocenters. The van der Waals surface area contributed by atoms with Crippen molar-refractivity contribution in [2.45, 2.75) is 18.7 Å². The number of nitrogens with zero attached hydrogens (tertiary/aromatic N) is 3. The summed E-state index contributed by atoms with van der Waals surface area (Å²) >= 11 is 0. The average molecular weight is 360 g/mol. The molecule has 3 N–H and O–H groups in total. The van der Waals surface area contributed by atoms with E-state index in [0.717, 1.165) is 12.2 Å². The summed E-state index contributed by atoms with van der Waals surface area (Å²) in [6.07, 6.45) is 0. The normalized spacial score (nSPS) is 10.9. The second kappa shape index (κ2) is 8.41. The Morgan fingerprint density at radius 2 is 1.92 bits per heavy atom. The van der Waals surface area contributed by atoms with E-state index in [2.05, 4.69) is 25.3 Å². The highest BCUT2D eigenvalue weighted by atomic mass is 32.2. The van der Waals surface area contributed by atoms with Gasteiger partial charge in [0.05, 0.1) is 10.5 Å². The van der Waals surface area contributed by atoms with E-state index < -0.39 is 10.0 Å². The molecule has 2 rings (SSSR count). The molecule has 0 fully saturated rings. The summed E-state index contributed by atoms with van der Waals surface area (Å²) in [6, 6.07) is 9.78. The number of rotatable bonds is 8.